The normalized spacial score (nSPS) is 13.0. The van der Waals surface area contributed by atoms with Crippen LogP contribution >= 0.6 is 0 Å². The summed E-state index contributed by atoms with van der Waals surface area (Å²) in [7, 11) is 1.66. The van der Waals surface area contributed by atoms with Gasteiger partial charge in [-0.25, -0.2) is 5.01 Å². The molecule has 0 bridgehead atoms. The van der Waals surface area contributed by atoms with E-state index in [1.54, 1.807) is 7.05 Å². The van der Waals surface area contributed by atoms with Gasteiger partial charge in [0.05, 0.1) is 18.7 Å². The molecule has 2 amide bonds. The topological polar surface area (TPSA) is 79.3 Å². The molecule has 1 heterocycles. The summed E-state index contributed by atoms with van der Waals surface area (Å²) in [6.45, 7) is 0.601. The zero-order valence-electron chi connectivity index (χ0n) is 17.0. The monoisotopic (exact) mass is 407 g/mol. The molecule has 0 radical (unpaired) electrons. The lowest BCUT2D eigenvalue weighted by molar-refractivity contribution is -0.152. The highest BCUT2D eigenvalue weighted by Gasteiger charge is 2.22. The van der Waals surface area contributed by atoms with Crippen LogP contribution in [0, 0.1) is 0 Å². The lowest BCUT2D eigenvalue weighted by atomic mass is 10.1. The number of hydrogen-bond donors (Lipinski definition) is 0. The molecule has 0 N–H and O–H groups in total. The Morgan fingerprint density at radius 3 is 2.37 bits per heavy atom. The summed E-state index contributed by atoms with van der Waals surface area (Å²) in [5.74, 6) is -1.10. The van der Waals surface area contributed by atoms with Crippen LogP contribution in [0.15, 0.2) is 65.8 Å². The maximum absolute atomic E-state index is 12.3. The van der Waals surface area contributed by atoms with E-state index in [1.807, 2.05) is 60.7 Å². The smallest absolute Gasteiger partial charge is 0.306 e. The second kappa shape index (κ2) is 10.3. The largest absolute Gasteiger partial charge is 0.456 e. The average molecular weight is 407 g/mol. The molecule has 1 aliphatic heterocycles. The van der Waals surface area contributed by atoms with Crippen molar-refractivity contribution in [1.82, 2.24) is 9.91 Å². The molecule has 2 aromatic rings. The highest BCUT2D eigenvalue weighted by Crippen LogP contribution is 2.15. The summed E-state index contributed by atoms with van der Waals surface area (Å²) in [4.78, 5) is 37.9. The highest BCUT2D eigenvalue weighted by molar-refractivity contribution is 6.02. The van der Waals surface area contributed by atoms with Gasteiger partial charge in [-0.1, -0.05) is 60.7 Å². The number of rotatable bonds is 8. The van der Waals surface area contributed by atoms with E-state index in [4.69, 9.17) is 4.74 Å². The summed E-state index contributed by atoms with van der Waals surface area (Å²) < 4.78 is 5.03. The van der Waals surface area contributed by atoms with Gasteiger partial charge in [-0.3, -0.25) is 14.4 Å². The lowest BCUT2D eigenvalue weighted by Crippen LogP contribution is -2.31. The van der Waals surface area contributed by atoms with Crippen molar-refractivity contribution >= 4 is 23.5 Å². The Kier molecular flexibility index (Phi) is 7.32. The predicted molar refractivity (Wildman–Crippen MR) is 112 cm³/mol. The summed E-state index contributed by atoms with van der Waals surface area (Å²) >= 11 is 0. The molecular formula is C23H25N3O4. The Hall–Kier alpha value is -3.48. The average Bonchev–Trinajstić information content (AvgIpc) is 3.27. The third-order valence-electron chi connectivity index (χ3n) is 4.78. The fraction of sp³-hybridized carbons (Fsp3) is 0.304. The van der Waals surface area contributed by atoms with Gasteiger partial charge in [0.1, 0.15) is 0 Å². The maximum Gasteiger partial charge on any atom is 0.306 e. The molecule has 0 saturated carbocycles. The first-order valence-electron chi connectivity index (χ1n) is 9.89. The van der Waals surface area contributed by atoms with Crippen LogP contribution in [0.2, 0.25) is 0 Å². The molecule has 0 unspecified atom stereocenters. The number of amides is 2. The number of likely N-dealkylation sites (N-methyl/N-ethyl adjacent to an activating group) is 1. The van der Waals surface area contributed by atoms with Crippen molar-refractivity contribution < 1.29 is 19.1 Å². The van der Waals surface area contributed by atoms with Crippen molar-refractivity contribution in [3.63, 3.8) is 0 Å². The van der Waals surface area contributed by atoms with E-state index in [0.29, 0.717) is 19.5 Å². The summed E-state index contributed by atoms with van der Waals surface area (Å²) in [5.41, 5.74) is 2.84. The minimum atomic E-state index is -0.573. The minimum Gasteiger partial charge on any atom is -0.456 e. The molecule has 0 aromatic heterocycles. The van der Waals surface area contributed by atoms with Gasteiger partial charge in [0.15, 0.2) is 6.61 Å². The zero-order valence-corrected chi connectivity index (χ0v) is 17.0. The van der Waals surface area contributed by atoms with Crippen LogP contribution < -0.4 is 0 Å². The molecule has 30 heavy (non-hydrogen) atoms. The lowest BCUT2D eigenvalue weighted by Gasteiger charge is -2.17. The van der Waals surface area contributed by atoms with Crippen LogP contribution in [0.3, 0.4) is 0 Å². The Balaban J connectivity index is 1.38. The predicted octanol–water partition coefficient (Wildman–Crippen LogP) is 2.61. The fourth-order valence-electron chi connectivity index (χ4n) is 3.08. The number of benzene rings is 2. The molecule has 1 aliphatic rings. The van der Waals surface area contributed by atoms with E-state index in [9.17, 15) is 14.4 Å². The SMILES string of the molecule is CN(Cc1ccccc1)C(=O)COC(=O)CCC(=O)N1CCC(c2ccccc2)=N1. The van der Waals surface area contributed by atoms with E-state index in [0.717, 1.165) is 16.8 Å². The molecule has 0 atom stereocenters. The van der Waals surface area contributed by atoms with Crippen LogP contribution in [-0.4, -0.2) is 53.6 Å². The molecular weight excluding hydrogens is 382 g/mol. The molecule has 7 nitrogen and oxygen atoms in total. The molecule has 0 spiro atoms. The van der Waals surface area contributed by atoms with Crippen molar-refractivity contribution in [2.24, 2.45) is 5.10 Å². The van der Waals surface area contributed by atoms with Crippen molar-refractivity contribution in [2.45, 2.75) is 25.8 Å². The van der Waals surface area contributed by atoms with Gasteiger partial charge < -0.3 is 9.64 Å². The molecule has 2 aromatic carbocycles. The van der Waals surface area contributed by atoms with Gasteiger partial charge in [-0.15, -0.1) is 0 Å². The molecule has 0 fully saturated rings. The Morgan fingerprint density at radius 1 is 1.00 bits per heavy atom. The maximum atomic E-state index is 12.3. The number of esters is 1. The molecule has 7 heteroatoms. The Bertz CT molecular complexity index is 913. The molecule has 156 valence electrons. The van der Waals surface area contributed by atoms with Gasteiger partial charge in [-0.05, 0) is 11.1 Å². The third kappa shape index (κ3) is 6.01. The first kappa shape index (κ1) is 21.2. The first-order valence-corrected chi connectivity index (χ1v) is 9.89. The molecule has 3 rings (SSSR count). The summed E-state index contributed by atoms with van der Waals surface area (Å²) in [6.07, 6.45) is 0.599. The van der Waals surface area contributed by atoms with Gasteiger partial charge in [-0.2, -0.15) is 5.10 Å². The number of hydrazone groups is 1. The second-order valence-electron chi connectivity index (χ2n) is 7.08. The number of hydrogen-bond acceptors (Lipinski definition) is 5. The van der Waals surface area contributed by atoms with Crippen molar-refractivity contribution in [3.05, 3.63) is 71.8 Å². The van der Waals surface area contributed by atoms with E-state index in [2.05, 4.69) is 5.10 Å². The van der Waals surface area contributed by atoms with Crippen LogP contribution in [0.4, 0.5) is 0 Å². The van der Waals surface area contributed by atoms with Crippen molar-refractivity contribution in [2.75, 3.05) is 20.2 Å². The molecule has 0 aliphatic carbocycles. The standard InChI is InChI=1S/C23H25N3O4/c1-25(16-18-8-4-2-5-9-18)22(28)17-30-23(29)13-12-21(27)26-15-14-20(24-26)19-10-6-3-7-11-19/h2-11H,12-17H2,1H3. The quantitative estimate of drug-likeness (QED) is 0.630. The Morgan fingerprint density at radius 2 is 1.67 bits per heavy atom. The van der Waals surface area contributed by atoms with Gasteiger partial charge in [0.2, 0.25) is 5.91 Å². The second-order valence-corrected chi connectivity index (χ2v) is 7.08. The van der Waals surface area contributed by atoms with E-state index < -0.39 is 5.97 Å². The van der Waals surface area contributed by atoms with Gasteiger partial charge >= 0.3 is 5.97 Å². The van der Waals surface area contributed by atoms with Crippen molar-refractivity contribution in [1.29, 1.82) is 0 Å². The van der Waals surface area contributed by atoms with Crippen molar-refractivity contribution in [3.8, 4) is 0 Å². The first-order chi connectivity index (χ1) is 14.5. The van der Waals surface area contributed by atoms with E-state index >= 15 is 0 Å². The summed E-state index contributed by atoms with van der Waals surface area (Å²) in [5, 5.41) is 5.76. The summed E-state index contributed by atoms with van der Waals surface area (Å²) in [6, 6.07) is 19.2. The fourth-order valence-corrected chi connectivity index (χ4v) is 3.08. The van der Waals surface area contributed by atoms with Crippen LogP contribution in [0.1, 0.15) is 30.4 Å². The molecule has 0 saturated heterocycles. The van der Waals surface area contributed by atoms with Crippen LogP contribution in [-0.2, 0) is 25.7 Å². The number of carbonyl (C=O) groups is 3. The minimum absolute atomic E-state index is 0.00154. The van der Waals surface area contributed by atoms with Gasteiger partial charge in [0.25, 0.3) is 5.91 Å². The van der Waals surface area contributed by atoms with E-state index in [-0.39, 0.29) is 31.3 Å². The third-order valence-corrected chi connectivity index (χ3v) is 4.78. The van der Waals surface area contributed by atoms with Crippen LogP contribution in [0.5, 0.6) is 0 Å². The van der Waals surface area contributed by atoms with Crippen LogP contribution in [0.25, 0.3) is 0 Å². The van der Waals surface area contributed by atoms with E-state index in [1.165, 1.54) is 9.91 Å². The Labute approximate surface area is 175 Å². The number of nitrogens with zero attached hydrogens (tertiary/aromatic N) is 3. The number of carbonyl (C=O) groups excluding carboxylic acids is 3. The zero-order chi connectivity index (χ0) is 21.3. The number of ether oxygens (including phenoxy) is 1. The highest BCUT2D eigenvalue weighted by atomic mass is 16.5. The van der Waals surface area contributed by atoms with Gasteiger partial charge in [0, 0.05) is 26.4 Å².